The Morgan fingerprint density at radius 3 is 3.00 bits per heavy atom. The molecule has 1 fully saturated rings. The second kappa shape index (κ2) is 5.73. The summed E-state index contributed by atoms with van der Waals surface area (Å²) < 4.78 is 5.30. The van der Waals surface area contributed by atoms with Crippen molar-refractivity contribution in [1.82, 2.24) is 5.32 Å². The lowest BCUT2D eigenvalue weighted by Crippen LogP contribution is -2.51. The van der Waals surface area contributed by atoms with Crippen LogP contribution in [0.1, 0.15) is 6.42 Å². The second-order valence-electron chi connectivity index (χ2n) is 4.41. The maximum absolute atomic E-state index is 11.9. The highest BCUT2D eigenvalue weighted by atomic mass is 16.5. The molecule has 1 atom stereocenters. The molecule has 1 aliphatic heterocycles. The van der Waals surface area contributed by atoms with E-state index in [0.717, 1.165) is 12.1 Å². The summed E-state index contributed by atoms with van der Waals surface area (Å²) in [5.74, 6) is 1.10. The number of anilines is 1. The number of methoxy groups -OCH3 is 1. The molecule has 5 nitrogen and oxygen atoms in total. The van der Waals surface area contributed by atoms with Crippen LogP contribution in [0.3, 0.4) is 0 Å². The van der Waals surface area contributed by atoms with Crippen LogP contribution in [-0.2, 0) is 0 Å². The number of benzene rings is 1. The Hall–Kier alpha value is -1.75. The molecule has 1 saturated heterocycles. The lowest BCUT2D eigenvalue weighted by molar-refractivity contribution is 0.236. The summed E-state index contributed by atoms with van der Waals surface area (Å²) in [6.07, 6.45) is 0.909. The molecular weight excluding hydrogens is 230 g/mol. The largest absolute Gasteiger partial charge is 0.495 e. The average Bonchev–Trinajstić information content (AvgIpc) is 2.41. The standard InChI is InChI=1S/C13H19N3O2/c1-18-12-5-3-2-4-11(12)16-9-10(6-7-14)8-15-13(16)17/h2-5,10H,6-9,14H2,1H3,(H,15,17). The highest BCUT2D eigenvalue weighted by Gasteiger charge is 2.27. The van der Waals surface area contributed by atoms with Crippen LogP contribution < -0.4 is 20.7 Å². The quantitative estimate of drug-likeness (QED) is 0.842. The maximum Gasteiger partial charge on any atom is 0.322 e. The SMILES string of the molecule is COc1ccccc1N1CC(CCN)CNC1=O. The zero-order valence-electron chi connectivity index (χ0n) is 10.6. The molecule has 0 bridgehead atoms. The normalized spacial score (nSPS) is 19.6. The molecule has 2 amide bonds. The minimum atomic E-state index is -0.0761. The molecule has 3 N–H and O–H groups in total. The van der Waals surface area contributed by atoms with E-state index in [4.69, 9.17) is 10.5 Å². The smallest absolute Gasteiger partial charge is 0.322 e. The molecule has 5 heteroatoms. The molecule has 98 valence electrons. The first-order chi connectivity index (χ1) is 8.76. The zero-order valence-corrected chi connectivity index (χ0v) is 10.6. The Bertz CT molecular complexity index is 422. The number of hydrogen-bond donors (Lipinski definition) is 2. The van der Waals surface area contributed by atoms with Gasteiger partial charge < -0.3 is 15.8 Å². The van der Waals surface area contributed by atoms with Crippen molar-refractivity contribution >= 4 is 11.7 Å². The number of rotatable bonds is 4. The third-order valence-corrected chi connectivity index (χ3v) is 3.18. The highest BCUT2D eigenvalue weighted by molar-refractivity contribution is 5.94. The Labute approximate surface area is 107 Å². The summed E-state index contributed by atoms with van der Waals surface area (Å²) in [5.41, 5.74) is 6.38. The number of urea groups is 1. The third-order valence-electron chi connectivity index (χ3n) is 3.18. The fourth-order valence-electron chi connectivity index (χ4n) is 2.22. The predicted molar refractivity (Wildman–Crippen MR) is 70.9 cm³/mol. The summed E-state index contributed by atoms with van der Waals surface area (Å²) in [6.45, 7) is 2.02. The molecule has 1 heterocycles. The molecule has 1 aromatic rings. The van der Waals surface area contributed by atoms with Gasteiger partial charge in [-0.25, -0.2) is 4.79 Å². The van der Waals surface area contributed by atoms with Gasteiger partial charge in [-0.05, 0) is 31.0 Å². The van der Waals surface area contributed by atoms with Crippen molar-refractivity contribution in [2.45, 2.75) is 6.42 Å². The van der Waals surface area contributed by atoms with E-state index in [1.54, 1.807) is 12.0 Å². The van der Waals surface area contributed by atoms with E-state index in [9.17, 15) is 4.79 Å². The first-order valence-corrected chi connectivity index (χ1v) is 6.14. The van der Waals surface area contributed by atoms with Crippen LogP contribution in [0.15, 0.2) is 24.3 Å². The summed E-state index contributed by atoms with van der Waals surface area (Å²) >= 11 is 0. The van der Waals surface area contributed by atoms with Crippen LogP contribution in [0.4, 0.5) is 10.5 Å². The maximum atomic E-state index is 11.9. The van der Waals surface area contributed by atoms with Crippen LogP contribution in [0.25, 0.3) is 0 Å². The lowest BCUT2D eigenvalue weighted by atomic mass is 10.0. The first kappa shape index (κ1) is 12.7. The van der Waals surface area contributed by atoms with Crippen molar-refractivity contribution in [1.29, 1.82) is 0 Å². The van der Waals surface area contributed by atoms with Gasteiger partial charge >= 0.3 is 6.03 Å². The van der Waals surface area contributed by atoms with Gasteiger partial charge in [-0.15, -0.1) is 0 Å². The molecule has 1 aromatic carbocycles. The number of carbonyl (C=O) groups is 1. The van der Waals surface area contributed by atoms with Gasteiger partial charge in [0.2, 0.25) is 0 Å². The number of nitrogens with two attached hydrogens (primary N) is 1. The van der Waals surface area contributed by atoms with E-state index in [2.05, 4.69) is 5.32 Å². The van der Waals surface area contributed by atoms with Gasteiger partial charge in [0.1, 0.15) is 5.75 Å². The van der Waals surface area contributed by atoms with Gasteiger partial charge in [0.05, 0.1) is 12.8 Å². The monoisotopic (exact) mass is 249 g/mol. The number of ether oxygens (including phenoxy) is 1. The minimum absolute atomic E-state index is 0.0761. The molecule has 18 heavy (non-hydrogen) atoms. The van der Waals surface area contributed by atoms with Gasteiger partial charge in [-0.1, -0.05) is 12.1 Å². The average molecular weight is 249 g/mol. The molecular formula is C13H19N3O2. The van der Waals surface area contributed by atoms with Gasteiger partial charge in [-0.2, -0.15) is 0 Å². The number of amides is 2. The number of para-hydroxylation sites is 2. The van der Waals surface area contributed by atoms with Crippen molar-refractivity contribution in [3.8, 4) is 5.75 Å². The molecule has 1 aliphatic rings. The fraction of sp³-hybridized carbons (Fsp3) is 0.462. The van der Waals surface area contributed by atoms with Crippen LogP contribution >= 0.6 is 0 Å². The predicted octanol–water partition coefficient (Wildman–Crippen LogP) is 1.19. The summed E-state index contributed by atoms with van der Waals surface area (Å²) in [4.78, 5) is 13.7. The van der Waals surface area contributed by atoms with E-state index in [-0.39, 0.29) is 6.03 Å². The van der Waals surface area contributed by atoms with Gasteiger partial charge in [0.15, 0.2) is 0 Å². The summed E-state index contributed by atoms with van der Waals surface area (Å²) in [7, 11) is 1.61. The Morgan fingerprint density at radius 1 is 1.50 bits per heavy atom. The fourth-order valence-corrected chi connectivity index (χ4v) is 2.22. The molecule has 2 rings (SSSR count). The van der Waals surface area contributed by atoms with Crippen LogP contribution in [0, 0.1) is 5.92 Å². The van der Waals surface area contributed by atoms with E-state index < -0.39 is 0 Å². The van der Waals surface area contributed by atoms with Crippen LogP contribution in [0.2, 0.25) is 0 Å². The molecule has 0 aromatic heterocycles. The van der Waals surface area contributed by atoms with Gasteiger partial charge in [-0.3, -0.25) is 4.90 Å². The Kier molecular flexibility index (Phi) is 4.04. The Morgan fingerprint density at radius 2 is 2.28 bits per heavy atom. The van der Waals surface area contributed by atoms with Crippen LogP contribution in [0.5, 0.6) is 5.75 Å². The topological polar surface area (TPSA) is 67.6 Å². The molecule has 0 radical (unpaired) electrons. The highest BCUT2D eigenvalue weighted by Crippen LogP contribution is 2.29. The van der Waals surface area contributed by atoms with E-state index in [0.29, 0.717) is 31.3 Å². The third kappa shape index (κ3) is 2.56. The van der Waals surface area contributed by atoms with Crippen molar-refractivity contribution in [3.63, 3.8) is 0 Å². The second-order valence-corrected chi connectivity index (χ2v) is 4.41. The number of carbonyl (C=O) groups excluding carboxylic acids is 1. The van der Waals surface area contributed by atoms with Crippen LogP contribution in [-0.4, -0.2) is 32.8 Å². The van der Waals surface area contributed by atoms with Crippen molar-refractivity contribution in [3.05, 3.63) is 24.3 Å². The van der Waals surface area contributed by atoms with E-state index in [1.807, 2.05) is 24.3 Å². The summed E-state index contributed by atoms with van der Waals surface area (Å²) in [5, 5.41) is 2.89. The van der Waals surface area contributed by atoms with E-state index >= 15 is 0 Å². The zero-order chi connectivity index (χ0) is 13.0. The Balaban J connectivity index is 2.21. The van der Waals surface area contributed by atoms with Gasteiger partial charge in [0.25, 0.3) is 0 Å². The van der Waals surface area contributed by atoms with Crippen molar-refractivity contribution < 1.29 is 9.53 Å². The summed E-state index contributed by atoms with van der Waals surface area (Å²) in [6, 6.07) is 7.46. The first-order valence-electron chi connectivity index (χ1n) is 6.14. The number of nitrogens with one attached hydrogen (secondary N) is 1. The van der Waals surface area contributed by atoms with Crippen molar-refractivity contribution in [2.75, 3.05) is 31.6 Å². The molecule has 1 unspecified atom stereocenters. The molecule has 0 spiro atoms. The van der Waals surface area contributed by atoms with E-state index in [1.165, 1.54) is 0 Å². The molecule has 0 aliphatic carbocycles. The van der Waals surface area contributed by atoms with Crippen molar-refractivity contribution in [2.24, 2.45) is 11.7 Å². The lowest BCUT2D eigenvalue weighted by Gasteiger charge is -2.33. The molecule has 0 saturated carbocycles. The van der Waals surface area contributed by atoms with Gasteiger partial charge in [0, 0.05) is 13.1 Å². The number of hydrogen-bond acceptors (Lipinski definition) is 3. The number of nitrogens with zero attached hydrogens (tertiary/aromatic N) is 1. The minimum Gasteiger partial charge on any atom is -0.495 e.